The molecule has 0 bridgehead atoms. The van der Waals surface area contributed by atoms with Gasteiger partial charge in [-0.15, -0.1) is 0 Å². The van der Waals surface area contributed by atoms with Gasteiger partial charge in [0.1, 0.15) is 0 Å². The first-order chi connectivity index (χ1) is 6.27. The van der Waals surface area contributed by atoms with Crippen LogP contribution in [-0.2, 0) is 0 Å². The highest BCUT2D eigenvalue weighted by atomic mass is 35.5. The molecule has 0 aliphatic carbocycles. The Morgan fingerprint density at radius 1 is 1.31 bits per heavy atom. The van der Waals surface area contributed by atoms with E-state index in [1.54, 1.807) is 24.3 Å². The number of oxime groups is 1. The van der Waals surface area contributed by atoms with E-state index in [9.17, 15) is 0 Å². The van der Waals surface area contributed by atoms with E-state index in [-0.39, 0.29) is 6.61 Å². The lowest BCUT2D eigenvalue weighted by Crippen LogP contribution is -2.03. The molecule has 0 radical (unpaired) electrons. The second-order valence-corrected chi connectivity index (χ2v) is 2.96. The van der Waals surface area contributed by atoms with E-state index in [2.05, 4.69) is 5.16 Å². The minimum absolute atomic E-state index is 0.0397. The zero-order valence-electron chi connectivity index (χ0n) is 6.94. The summed E-state index contributed by atoms with van der Waals surface area (Å²) in [4.78, 5) is 0. The van der Waals surface area contributed by atoms with Crippen LogP contribution in [0.25, 0.3) is 0 Å². The third-order valence-corrected chi connectivity index (χ3v) is 1.90. The third-order valence-electron chi connectivity index (χ3n) is 1.65. The molecule has 4 heteroatoms. The molecule has 3 nitrogen and oxygen atoms in total. The number of hydrogen-bond donors (Lipinski definition) is 2. The van der Waals surface area contributed by atoms with Gasteiger partial charge < -0.3 is 10.3 Å². The minimum atomic E-state index is -0.0397. The summed E-state index contributed by atoms with van der Waals surface area (Å²) in [7, 11) is 0. The van der Waals surface area contributed by atoms with Gasteiger partial charge in [-0.1, -0.05) is 28.9 Å². The van der Waals surface area contributed by atoms with E-state index in [0.717, 1.165) is 5.56 Å². The van der Waals surface area contributed by atoms with Crippen LogP contribution in [0.15, 0.2) is 29.4 Å². The second-order valence-electron chi connectivity index (χ2n) is 2.53. The number of halogens is 1. The van der Waals surface area contributed by atoms with Crippen molar-refractivity contribution >= 4 is 17.3 Å². The predicted octanol–water partition coefficient (Wildman–Crippen LogP) is 1.90. The summed E-state index contributed by atoms with van der Waals surface area (Å²) in [6, 6.07) is 6.90. The summed E-state index contributed by atoms with van der Waals surface area (Å²) < 4.78 is 0. The average molecular weight is 200 g/mol. The molecule has 0 fully saturated rings. The topological polar surface area (TPSA) is 52.8 Å². The average Bonchev–Trinajstić information content (AvgIpc) is 2.16. The van der Waals surface area contributed by atoms with Gasteiger partial charge in [0.05, 0.1) is 5.71 Å². The van der Waals surface area contributed by atoms with Crippen LogP contribution in [-0.4, -0.2) is 22.6 Å². The van der Waals surface area contributed by atoms with E-state index in [0.29, 0.717) is 17.2 Å². The summed E-state index contributed by atoms with van der Waals surface area (Å²) in [6.07, 6.45) is 0.331. The van der Waals surface area contributed by atoms with Crippen molar-refractivity contribution in [1.29, 1.82) is 0 Å². The van der Waals surface area contributed by atoms with E-state index >= 15 is 0 Å². The van der Waals surface area contributed by atoms with Crippen molar-refractivity contribution in [2.45, 2.75) is 6.42 Å². The molecule has 1 aromatic carbocycles. The van der Waals surface area contributed by atoms with Gasteiger partial charge in [-0.25, -0.2) is 0 Å². The molecular formula is C9H10ClNO2. The number of benzene rings is 1. The minimum Gasteiger partial charge on any atom is -0.411 e. The Morgan fingerprint density at radius 3 is 2.38 bits per heavy atom. The van der Waals surface area contributed by atoms with Crippen LogP contribution in [0, 0.1) is 0 Å². The predicted molar refractivity (Wildman–Crippen MR) is 51.5 cm³/mol. The highest BCUT2D eigenvalue weighted by molar-refractivity contribution is 6.30. The highest BCUT2D eigenvalue weighted by Gasteiger charge is 2.02. The van der Waals surface area contributed by atoms with Crippen LogP contribution in [0.2, 0.25) is 5.02 Å². The van der Waals surface area contributed by atoms with Gasteiger partial charge in [-0.05, 0) is 17.7 Å². The van der Waals surface area contributed by atoms with Crippen LogP contribution >= 0.6 is 11.6 Å². The summed E-state index contributed by atoms with van der Waals surface area (Å²) in [5, 5.41) is 21.0. The summed E-state index contributed by atoms with van der Waals surface area (Å²) in [5.41, 5.74) is 1.22. The Morgan fingerprint density at radius 2 is 1.92 bits per heavy atom. The highest BCUT2D eigenvalue weighted by Crippen LogP contribution is 2.11. The van der Waals surface area contributed by atoms with Crippen molar-refractivity contribution in [2.75, 3.05) is 6.61 Å². The normalized spacial score (nSPS) is 11.7. The van der Waals surface area contributed by atoms with Gasteiger partial charge in [0.25, 0.3) is 0 Å². The fraction of sp³-hybridized carbons (Fsp3) is 0.222. The number of aliphatic hydroxyl groups excluding tert-OH is 1. The van der Waals surface area contributed by atoms with Gasteiger partial charge >= 0.3 is 0 Å². The summed E-state index contributed by atoms with van der Waals surface area (Å²) in [5.74, 6) is 0. The molecule has 0 aliphatic heterocycles. The molecule has 0 aliphatic rings. The van der Waals surface area contributed by atoms with Crippen LogP contribution in [0.3, 0.4) is 0 Å². The molecular weight excluding hydrogens is 190 g/mol. The van der Waals surface area contributed by atoms with E-state index in [4.69, 9.17) is 21.9 Å². The standard InChI is InChI=1S/C9H10ClNO2/c10-8-3-1-7(2-4-8)9(11-13)5-6-12/h1-4,12-13H,5-6H2/b11-9+. The van der Waals surface area contributed by atoms with Gasteiger partial charge in [0.2, 0.25) is 0 Å². The Hall–Kier alpha value is -1.06. The molecule has 0 unspecified atom stereocenters. The summed E-state index contributed by atoms with van der Waals surface area (Å²) in [6.45, 7) is -0.0397. The Labute approximate surface area is 81.3 Å². The SMILES string of the molecule is OCC/C(=N\O)c1ccc(Cl)cc1. The first-order valence-corrected chi connectivity index (χ1v) is 4.23. The third kappa shape index (κ3) is 2.72. The lowest BCUT2D eigenvalue weighted by atomic mass is 10.1. The molecule has 70 valence electrons. The molecule has 0 heterocycles. The van der Waals surface area contributed by atoms with Crippen molar-refractivity contribution < 1.29 is 10.3 Å². The van der Waals surface area contributed by atoms with Gasteiger partial charge in [0.15, 0.2) is 0 Å². The van der Waals surface area contributed by atoms with E-state index in [1.165, 1.54) is 0 Å². The number of hydrogen-bond acceptors (Lipinski definition) is 3. The maximum Gasteiger partial charge on any atom is 0.0890 e. The molecule has 1 aromatic rings. The molecule has 0 spiro atoms. The van der Waals surface area contributed by atoms with Crippen molar-refractivity contribution in [3.05, 3.63) is 34.9 Å². The van der Waals surface area contributed by atoms with Crippen molar-refractivity contribution in [3.63, 3.8) is 0 Å². The number of nitrogens with zero attached hydrogens (tertiary/aromatic N) is 1. The first-order valence-electron chi connectivity index (χ1n) is 3.85. The fourth-order valence-corrected chi connectivity index (χ4v) is 1.13. The molecule has 0 aromatic heterocycles. The lowest BCUT2D eigenvalue weighted by molar-refractivity contribution is 0.295. The zero-order valence-corrected chi connectivity index (χ0v) is 7.70. The Kier molecular flexibility index (Phi) is 3.73. The van der Waals surface area contributed by atoms with Crippen molar-refractivity contribution in [1.82, 2.24) is 0 Å². The van der Waals surface area contributed by atoms with Crippen LogP contribution in [0.4, 0.5) is 0 Å². The van der Waals surface area contributed by atoms with Gasteiger partial charge in [-0.3, -0.25) is 0 Å². The Bertz CT molecular complexity index is 295. The van der Waals surface area contributed by atoms with E-state index < -0.39 is 0 Å². The quantitative estimate of drug-likeness (QED) is 0.444. The molecule has 0 amide bonds. The molecule has 13 heavy (non-hydrogen) atoms. The molecule has 0 atom stereocenters. The molecule has 1 rings (SSSR count). The van der Waals surface area contributed by atoms with Crippen LogP contribution in [0.5, 0.6) is 0 Å². The number of rotatable bonds is 3. The lowest BCUT2D eigenvalue weighted by Gasteiger charge is -2.01. The zero-order chi connectivity index (χ0) is 9.68. The second kappa shape index (κ2) is 4.84. The molecule has 0 saturated heterocycles. The van der Waals surface area contributed by atoms with Crippen LogP contribution < -0.4 is 0 Å². The maximum atomic E-state index is 8.67. The van der Waals surface area contributed by atoms with Crippen LogP contribution in [0.1, 0.15) is 12.0 Å². The molecule has 0 saturated carbocycles. The maximum absolute atomic E-state index is 8.67. The van der Waals surface area contributed by atoms with Gasteiger partial charge in [-0.2, -0.15) is 0 Å². The van der Waals surface area contributed by atoms with Gasteiger partial charge in [0, 0.05) is 18.1 Å². The molecule has 2 N–H and O–H groups in total. The largest absolute Gasteiger partial charge is 0.411 e. The Balaban J connectivity index is 2.87. The summed E-state index contributed by atoms with van der Waals surface area (Å²) >= 11 is 5.68. The van der Waals surface area contributed by atoms with E-state index in [1.807, 2.05) is 0 Å². The fourth-order valence-electron chi connectivity index (χ4n) is 1.00. The number of aliphatic hydroxyl groups is 1. The van der Waals surface area contributed by atoms with Crippen molar-refractivity contribution in [3.8, 4) is 0 Å². The smallest absolute Gasteiger partial charge is 0.0890 e. The monoisotopic (exact) mass is 199 g/mol. The first kappa shape index (κ1) is 10.0. The van der Waals surface area contributed by atoms with Crippen molar-refractivity contribution in [2.24, 2.45) is 5.16 Å².